The van der Waals surface area contributed by atoms with Crippen molar-refractivity contribution in [2.45, 2.75) is 6.92 Å². The van der Waals surface area contributed by atoms with Gasteiger partial charge in [-0.05, 0) is 55.5 Å². The third kappa shape index (κ3) is 11.4. The summed E-state index contributed by atoms with van der Waals surface area (Å²) in [6.07, 6.45) is -10.9. The summed E-state index contributed by atoms with van der Waals surface area (Å²) in [5, 5.41) is 8.43. The Bertz CT molecular complexity index is 1460. The molecule has 0 aliphatic rings. The van der Waals surface area contributed by atoms with Gasteiger partial charge in [0, 0.05) is 171 Å². The molecule has 0 atom stereocenters. The van der Waals surface area contributed by atoms with E-state index in [1.54, 1.807) is 48.5 Å². The number of azo groups is 1. The molecule has 0 unspecified atom stereocenters. The molecule has 0 heterocycles. The molecule has 0 saturated heterocycles. The fraction of sp³-hybridized carbons (Fsp3) is 0.0500. The standard InChI is InChI=1S/C20H15B25N2O2/c1-14-2-8-17(9-3-14)46-47-18-10-4-15(5-11-18)20(48)49-19-12-6-16(7-13-19)34(42(36(23)24)41(33)35(21)22)43(44(37(25)26)38(27)28)45(39(29)30)40(31)32/h2-13H,1H3. The van der Waals surface area contributed by atoms with Crippen molar-refractivity contribution in [2.75, 3.05) is 0 Å². The van der Waals surface area contributed by atoms with Crippen LogP contribution in [0.3, 0.4) is 0 Å². The molecule has 3 rings (SSSR count). The summed E-state index contributed by atoms with van der Waals surface area (Å²) < 4.78 is 5.65. The van der Waals surface area contributed by atoms with Gasteiger partial charge >= 0.3 is 5.97 Å². The van der Waals surface area contributed by atoms with Gasteiger partial charge in [0.05, 0.1) is 23.4 Å². The number of esters is 1. The number of hydrogen-bond acceptors (Lipinski definition) is 4. The van der Waals surface area contributed by atoms with Gasteiger partial charge in [0.2, 0.25) is 0 Å². The summed E-state index contributed by atoms with van der Waals surface area (Å²) in [5.41, 5.74) is 3.26. The Morgan fingerprint density at radius 3 is 1.31 bits per heavy atom. The van der Waals surface area contributed by atoms with E-state index < -0.39 is 82.7 Å². The molecule has 3 aromatic rings. The van der Waals surface area contributed by atoms with E-state index in [9.17, 15) is 4.79 Å². The Morgan fingerprint density at radius 1 is 0.510 bits per heavy atom. The van der Waals surface area contributed by atoms with E-state index in [4.69, 9.17) is 105 Å². The van der Waals surface area contributed by atoms with Crippen molar-refractivity contribution in [2.24, 2.45) is 10.2 Å². The van der Waals surface area contributed by atoms with Crippen LogP contribution < -0.4 is 10.2 Å². The van der Waals surface area contributed by atoms with Crippen LogP contribution in [0.15, 0.2) is 83.0 Å². The summed E-state index contributed by atoms with van der Waals surface area (Å²) in [4.78, 5) is 13.0. The SMILES string of the molecule is [B]B([B])B([B])B(B([B])[B])B(B(B(B([B])[B])B([B])[B])B(B([B])[B])B([B])[B])c1ccc(OC(=O)c2ccc(N=Nc3ccc(C)cc3)cc2)cc1. The number of rotatable bonds is 16. The number of carbonyl (C=O) groups is 1. The molecule has 0 fully saturated rings. The van der Waals surface area contributed by atoms with Crippen LogP contribution in [0, 0.1) is 6.92 Å². The summed E-state index contributed by atoms with van der Waals surface area (Å²) in [6, 6.07) is 20.6. The molecule has 49 heavy (non-hydrogen) atoms. The zero-order valence-corrected chi connectivity index (χ0v) is 27.6. The first-order chi connectivity index (χ1) is 23.0. The van der Waals surface area contributed by atoms with E-state index >= 15 is 0 Å². The van der Waals surface area contributed by atoms with Crippen LogP contribution in [0.1, 0.15) is 15.9 Å². The van der Waals surface area contributed by atoms with Crippen molar-refractivity contribution in [1.82, 2.24) is 0 Å². The Balaban J connectivity index is 1.99. The summed E-state index contributed by atoms with van der Waals surface area (Å²) >= 11 is 0. The molecule has 0 amide bonds. The molecule has 0 bridgehead atoms. The molecule has 0 N–H and O–H groups in total. The van der Waals surface area contributed by atoms with Crippen molar-refractivity contribution in [3.8, 4) is 5.75 Å². The lowest BCUT2D eigenvalue weighted by atomic mass is 8.37. The molecule has 29 heteroatoms. The number of benzene rings is 3. The number of aryl methyl sites for hydroxylation is 1. The van der Waals surface area contributed by atoms with Crippen molar-refractivity contribution >= 4 is 200 Å². The molecule has 0 aliphatic carbocycles. The average molecular weight is 586 g/mol. The molecular formula is C20H15B25N2O2. The fourth-order valence-corrected chi connectivity index (χ4v) is 6.28. The third-order valence-electron chi connectivity index (χ3n) is 8.72. The second-order valence-electron chi connectivity index (χ2n) is 12.4. The maximum absolute atomic E-state index is 13.0. The Hall–Kier alpha value is -1.65. The molecule has 3 aromatic carbocycles. The highest BCUT2D eigenvalue weighted by Crippen LogP contribution is 2.21. The van der Waals surface area contributed by atoms with E-state index in [-0.39, 0.29) is 5.75 Å². The lowest BCUT2D eigenvalue weighted by Gasteiger charge is -2.46. The van der Waals surface area contributed by atoms with Crippen LogP contribution in [-0.4, -0.2) is 183 Å². The van der Waals surface area contributed by atoms with Crippen LogP contribution >= 0.6 is 0 Å². The van der Waals surface area contributed by atoms with Gasteiger partial charge in [-0.1, -0.05) is 35.3 Å². The third-order valence-corrected chi connectivity index (χ3v) is 8.72. The van der Waals surface area contributed by atoms with Crippen LogP contribution in [0.4, 0.5) is 11.4 Å². The van der Waals surface area contributed by atoms with E-state index in [0.717, 1.165) is 5.56 Å². The minimum Gasteiger partial charge on any atom is -0.423 e. The lowest BCUT2D eigenvalue weighted by molar-refractivity contribution is 0.0735. The molecule has 26 radical (unpaired) electrons. The van der Waals surface area contributed by atoms with Crippen molar-refractivity contribution < 1.29 is 9.53 Å². The second-order valence-corrected chi connectivity index (χ2v) is 12.4. The molecule has 192 valence electrons. The highest BCUT2D eigenvalue weighted by atomic mass is 16.5. The Morgan fingerprint density at radius 2 is 0.918 bits per heavy atom. The van der Waals surface area contributed by atoms with E-state index in [2.05, 4.69) is 10.2 Å². The predicted molar refractivity (Wildman–Crippen MR) is 237 cm³/mol. The van der Waals surface area contributed by atoms with E-state index in [0.29, 0.717) is 22.4 Å². The molecule has 0 saturated carbocycles. The molecule has 4 nitrogen and oxygen atoms in total. The van der Waals surface area contributed by atoms with Crippen LogP contribution in [-0.2, 0) is 0 Å². The molecule has 0 aliphatic heterocycles. The average Bonchev–Trinajstić information content (AvgIpc) is 3.02. The highest BCUT2D eigenvalue weighted by molar-refractivity contribution is 8.21. The normalized spacial score (nSPS) is 10.4. The molecule has 0 spiro atoms. The van der Waals surface area contributed by atoms with Gasteiger partial charge in [-0.25, -0.2) is 4.79 Å². The largest absolute Gasteiger partial charge is 0.423 e. The molecular weight excluding hydrogens is 571 g/mol. The van der Waals surface area contributed by atoms with Gasteiger partial charge in [0.25, 0.3) is 0 Å². The fourth-order valence-electron chi connectivity index (χ4n) is 6.28. The minimum atomic E-state index is -1.08. The van der Waals surface area contributed by atoms with E-state index in [1.807, 2.05) is 31.2 Å². The maximum atomic E-state index is 13.0. The quantitative estimate of drug-likeness (QED) is 0.0735. The number of ether oxygens (including phenoxy) is 1. The smallest absolute Gasteiger partial charge is 0.343 e. The van der Waals surface area contributed by atoms with Crippen molar-refractivity contribution in [3.05, 3.63) is 83.9 Å². The van der Waals surface area contributed by atoms with Crippen LogP contribution in [0.25, 0.3) is 0 Å². The van der Waals surface area contributed by atoms with E-state index in [1.165, 1.54) is 0 Å². The Labute approximate surface area is 314 Å². The van der Waals surface area contributed by atoms with Gasteiger partial charge in [-0.2, -0.15) is 10.2 Å². The van der Waals surface area contributed by atoms with Gasteiger partial charge < -0.3 is 4.74 Å². The zero-order chi connectivity index (χ0) is 36.6. The van der Waals surface area contributed by atoms with Crippen LogP contribution in [0.5, 0.6) is 5.75 Å². The summed E-state index contributed by atoms with van der Waals surface area (Å²) in [6.45, 7) is 1.20. The number of hydrogen-bond donors (Lipinski definition) is 0. The van der Waals surface area contributed by atoms with Crippen LogP contribution in [0.2, 0.25) is 0 Å². The highest BCUT2D eigenvalue weighted by Gasteiger charge is 2.51. The minimum absolute atomic E-state index is 0.228. The first-order valence-electron chi connectivity index (χ1n) is 15.8. The first kappa shape index (κ1) is 41.8. The van der Waals surface area contributed by atoms with Crippen molar-refractivity contribution in [3.63, 3.8) is 0 Å². The van der Waals surface area contributed by atoms with Gasteiger partial charge in [0.15, 0.2) is 0 Å². The van der Waals surface area contributed by atoms with Gasteiger partial charge in [0.1, 0.15) is 5.75 Å². The number of carbonyl (C=O) groups excluding carboxylic acids is 1. The van der Waals surface area contributed by atoms with Crippen molar-refractivity contribution in [1.29, 1.82) is 0 Å². The molecule has 0 aromatic heterocycles. The predicted octanol–water partition coefficient (Wildman–Crippen LogP) is -4.72. The lowest BCUT2D eigenvalue weighted by Crippen LogP contribution is -2.86. The zero-order valence-electron chi connectivity index (χ0n) is 27.6. The Kier molecular flexibility index (Phi) is 16.4. The summed E-state index contributed by atoms with van der Waals surface area (Å²) in [7, 11) is 81.2. The second kappa shape index (κ2) is 19.3. The van der Waals surface area contributed by atoms with Gasteiger partial charge in [-0.15, -0.1) is 0 Å². The van der Waals surface area contributed by atoms with Gasteiger partial charge in [-0.3, -0.25) is 0 Å². The topological polar surface area (TPSA) is 51.0 Å². The monoisotopic (exact) mass is 590 g/mol. The first-order valence-corrected chi connectivity index (χ1v) is 15.8. The number of nitrogens with zero attached hydrogens (tertiary/aromatic N) is 2. The summed E-state index contributed by atoms with van der Waals surface area (Å²) in [5.74, 6) is -0.375. The maximum Gasteiger partial charge on any atom is 0.343 e.